The lowest BCUT2D eigenvalue weighted by Gasteiger charge is -2.23. The van der Waals surface area contributed by atoms with Crippen LogP contribution in [0.2, 0.25) is 0 Å². The van der Waals surface area contributed by atoms with Crippen molar-refractivity contribution in [3.63, 3.8) is 0 Å². The van der Waals surface area contributed by atoms with E-state index in [1.807, 2.05) is 18.2 Å². The molecule has 0 spiro atoms. The predicted molar refractivity (Wildman–Crippen MR) is 150 cm³/mol. The molecular formula is C32H37NO6. The van der Waals surface area contributed by atoms with Gasteiger partial charge in [0.05, 0.1) is 6.04 Å². The first-order valence-electron chi connectivity index (χ1n) is 13.4. The maximum Gasteiger partial charge on any atom is 0.303 e. The van der Waals surface area contributed by atoms with Crippen LogP contribution in [0.15, 0.2) is 54.6 Å². The topological polar surface area (TPSA) is 94.1 Å². The Morgan fingerprint density at radius 2 is 1.67 bits per heavy atom. The molecule has 4 rings (SSSR count). The van der Waals surface area contributed by atoms with Gasteiger partial charge >= 0.3 is 5.97 Å². The van der Waals surface area contributed by atoms with Gasteiger partial charge in [0.25, 0.3) is 5.91 Å². The van der Waals surface area contributed by atoms with Crippen LogP contribution in [0.3, 0.4) is 0 Å². The maximum atomic E-state index is 13.7. The lowest BCUT2D eigenvalue weighted by Crippen LogP contribution is -2.30. The summed E-state index contributed by atoms with van der Waals surface area (Å²) in [5.41, 5.74) is 5.36. The molecule has 3 aromatic rings. The number of benzene rings is 3. The Bertz CT molecular complexity index is 1310. The molecule has 39 heavy (non-hydrogen) atoms. The van der Waals surface area contributed by atoms with Gasteiger partial charge in [0.1, 0.15) is 25.6 Å². The van der Waals surface area contributed by atoms with E-state index >= 15 is 0 Å². The number of hydrogen-bond donors (Lipinski definition) is 2. The van der Waals surface area contributed by atoms with Gasteiger partial charge in [-0.15, -0.1) is 0 Å². The molecule has 3 aromatic carbocycles. The number of fused-ring (bicyclic) bond motifs is 1. The molecule has 0 saturated carbocycles. The summed E-state index contributed by atoms with van der Waals surface area (Å²) in [5.74, 6) is 1.14. The fourth-order valence-electron chi connectivity index (χ4n) is 4.86. The summed E-state index contributed by atoms with van der Waals surface area (Å²) in [5, 5.41) is 12.5. The molecule has 1 amide bonds. The van der Waals surface area contributed by atoms with Crippen molar-refractivity contribution in [3.05, 3.63) is 88.0 Å². The van der Waals surface area contributed by atoms with Gasteiger partial charge < -0.3 is 24.6 Å². The van der Waals surface area contributed by atoms with E-state index in [-0.39, 0.29) is 31.4 Å². The van der Waals surface area contributed by atoms with Crippen molar-refractivity contribution < 1.29 is 28.9 Å². The van der Waals surface area contributed by atoms with Crippen molar-refractivity contribution >= 4 is 11.9 Å². The van der Waals surface area contributed by atoms with Gasteiger partial charge in [-0.25, -0.2) is 0 Å². The third-order valence-electron chi connectivity index (χ3n) is 6.61. The fourth-order valence-corrected chi connectivity index (χ4v) is 4.86. The van der Waals surface area contributed by atoms with E-state index in [0.717, 1.165) is 28.7 Å². The molecule has 1 unspecified atom stereocenters. The summed E-state index contributed by atoms with van der Waals surface area (Å²) >= 11 is 0. The van der Waals surface area contributed by atoms with Gasteiger partial charge in [-0.3, -0.25) is 9.59 Å². The Morgan fingerprint density at radius 3 is 2.36 bits per heavy atom. The van der Waals surface area contributed by atoms with Crippen LogP contribution in [0.5, 0.6) is 17.2 Å². The molecule has 1 heterocycles. The molecule has 1 aliphatic heterocycles. The standard InChI is InChI=1S/C32H37NO6/c1-20(2)13-28(25-15-21(3)14-22(4)16-25)33-32(36)27-18-26(8-6-24(27)7-10-31(34)35)39-19-23-5-9-29-30(17-23)38-12-11-37-29/h5-6,8-9,14-18,20,28H,7,10-13,19H2,1-4H3,(H,33,36)(H,34,35). The second-order valence-corrected chi connectivity index (χ2v) is 10.6. The van der Waals surface area contributed by atoms with Gasteiger partial charge in [-0.05, 0) is 73.6 Å². The van der Waals surface area contributed by atoms with Crippen LogP contribution in [0.1, 0.15) is 70.9 Å². The molecule has 7 heteroatoms. The first kappa shape index (κ1) is 28.0. The van der Waals surface area contributed by atoms with E-state index in [9.17, 15) is 14.7 Å². The SMILES string of the molecule is Cc1cc(C)cc(C(CC(C)C)NC(=O)c2cc(OCc3ccc4c(c3)OCCO4)ccc2CCC(=O)O)c1. The second-order valence-electron chi connectivity index (χ2n) is 10.6. The normalized spacial score (nSPS) is 13.2. The van der Waals surface area contributed by atoms with Gasteiger partial charge in [-0.2, -0.15) is 0 Å². The molecule has 0 saturated heterocycles. The third kappa shape index (κ3) is 7.76. The number of nitrogens with one attached hydrogen (secondary N) is 1. The zero-order valence-corrected chi connectivity index (χ0v) is 23.1. The largest absolute Gasteiger partial charge is 0.489 e. The number of carbonyl (C=O) groups excluding carboxylic acids is 1. The number of ether oxygens (including phenoxy) is 3. The minimum Gasteiger partial charge on any atom is -0.489 e. The Hall–Kier alpha value is -4.00. The first-order chi connectivity index (χ1) is 18.7. The highest BCUT2D eigenvalue weighted by Crippen LogP contribution is 2.31. The average Bonchev–Trinajstić information content (AvgIpc) is 2.89. The van der Waals surface area contributed by atoms with Crippen LogP contribution in [-0.2, 0) is 17.8 Å². The maximum absolute atomic E-state index is 13.7. The van der Waals surface area contributed by atoms with Crippen LogP contribution in [0, 0.1) is 19.8 Å². The van der Waals surface area contributed by atoms with Crippen LogP contribution < -0.4 is 19.5 Å². The zero-order valence-electron chi connectivity index (χ0n) is 23.1. The molecule has 1 atom stereocenters. The number of amides is 1. The van der Waals surface area contributed by atoms with Crippen LogP contribution in [0.25, 0.3) is 0 Å². The molecule has 2 N–H and O–H groups in total. The van der Waals surface area contributed by atoms with E-state index in [4.69, 9.17) is 14.2 Å². The smallest absolute Gasteiger partial charge is 0.303 e. The minimum atomic E-state index is -0.909. The summed E-state index contributed by atoms with van der Waals surface area (Å²) in [6.45, 7) is 9.69. The lowest BCUT2D eigenvalue weighted by molar-refractivity contribution is -0.136. The van der Waals surface area contributed by atoms with Gasteiger partial charge in [0.2, 0.25) is 0 Å². The van der Waals surface area contributed by atoms with Crippen LogP contribution in [0.4, 0.5) is 0 Å². The summed E-state index contributed by atoms with van der Waals surface area (Å²) in [6, 6.07) is 17.1. The molecule has 7 nitrogen and oxygen atoms in total. The number of carboxylic acid groups (broad SMARTS) is 1. The molecule has 0 aliphatic carbocycles. The Morgan fingerprint density at radius 1 is 0.949 bits per heavy atom. The molecule has 0 bridgehead atoms. The van der Waals surface area contributed by atoms with Crippen molar-refractivity contribution in [2.45, 2.75) is 59.6 Å². The lowest BCUT2D eigenvalue weighted by atomic mass is 9.93. The molecule has 1 aliphatic rings. The highest BCUT2D eigenvalue weighted by molar-refractivity contribution is 5.96. The molecular weight excluding hydrogens is 494 g/mol. The Balaban J connectivity index is 1.57. The molecule has 0 aromatic heterocycles. The summed E-state index contributed by atoms with van der Waals surface area (Å²) in [7, 11) is 0. The molecule has 206 valence electrons. The third-order valence-corrected chi connectivity index (χ3v) is 6.61. The minimum absolute atomic E-state index is 0.0653. The number of rotatable bonds is 11. The van der Waals surface area contributed by atoms with Crippen molar-refractivity contribution in [2.24, 2.45) is 5.92 Å². The predicted octanol–water partition coefficient (Wildman–Crippen LogP) is 6.19. The van der Waals surface area contributed by atoms with E-state index in [1.165, 1.54) is 0 Å². The molecule has 0 radical (unpaired) electrons. The fraction of sp³-hybridized carbons (Fsp3) is 0.375. The van der Waals surface area contributed by atoms with Crippen molar-refractivity contribution in [1.29, 1.82) is 0 Å². The van der Waals surface area contributed by atoms with Gasteiger partial charge in [-0.1, -0.05) is 55.3 Å². The van der Waals surface area contributed by atoms with Gasteiger partial charge in [0.15, 0.2) is 11.5 Å². The number of carbonyl (C=O) groups is 2. The van der Waals surface area contributed by atoms with Crippen molar-refractivity contribution in [3.8, 4) is 17.2 Å². The second kappa shape index (κ2) is 12.7. The van der Waals surface area contributed by atoms with E-state index in [2.05, 4.69) is 51.2 Å². The highest BCUT2D eigenvalue weighted by Gasteiger charge is 2.21. The van der Waals surface area contributed by atoms with Crippen LogP contribution >= 0.6 is 0 Å². The summed E-state index contributed by atoms with van der Waals surface area (Å²) in [4.78, 5) is 25.0. The van der Waals surface area contributed by atoms with Crippen molar-refractivity contribution in [2.75, 3.05) is 13.2 Å². The Kier molecular flexibility index (Phi) is 9.12. The zero-order chi connectivity index (χ0) is 27.9. The van der Waals surface area contributed by atoms with E-state index < -0.39 is 5.97 Å². The quantitative estimate of drug-likeness (QED) is 0.307. The van der Waals surface area contributed by atoms with E-state index in [0.29, 0.717) is 47.5 Å². The number of aliphatic carboxylic acids is 1. The van der Waals surface area contributed by atoms with Crippen LogP contribution in [-0.4, -0.2) is 30.2 Å². The Labute approximate surface area is 230 Å². The molecule has 0 fully saturated rings. The summed E-state index contributed by atoms with van der Waals surface area (Å²) in [6.07, 6.45) is 0.961. The highest BCUT2D eigenvalue weighted by atomic mass is 16.6. The van der Waals surface area contributed by atoms with Crippen molar-refractivity contribution in [1.82, 2.24) is 5.32 Å². The monoisotopic (exact) mass is 531 g/mol. The number of carboxylic acids is 1. The average molecular weight is 532 g/mol. The van der Waals surface area contributed by atoms with E-state index in [1.54, 1.807) is 18.2 Å². The number of hydrogen-bond acceptors (Lipinski definition) is 5. The number of aryl methyl sites for hydroxylation is 3. The first-order valence-corrected chi connectivity index (χ1v) is 13.4. The van der Waals surface area contributed by atoms with Gasteiger partial charge in [0, 0.05) is 12.0 Å². The summed E-state index contributed by atoms with van der Waals surface area (Å²) < 4.78 is 17.3.